The van der Waals surface area contributed by atoms with Crippen molar-refractivity contribution in [2.45, 2.75) is 25.7 Å². The van der Waals surface area contributed by atoms with Gasteiger partial charge in [-0.3, -0.25) is 10.1 Å². The van der Waals surface area contributed by atoms with Gasteiger partial charge in [-0.1, -0.05) is 0 Å². The molecule has 1 fully saturated rings. The minimum absolute atomic E-state index is 0.204. The number of ether oxygens (including phenoxy) is 2. The summed E-state index contributed by atoms with van der Waals surface area (Å²) in [6.07, 6.45) is 6.03. The smallest absolute Gasteiger partial charge is 0.331 e. The topological polar surface area (TPSA) is 113 Å². The monoisotopic (exact) mass is 400 g/mol. The second-order valence-corrected chi connectivity index (χ2v) is 6.65. The third-order valence-corrected chi connectivity index (χ3v) is 4.44. The van der Waals surface area contributed by atoms with Crippen molar-refractivity contribution in [1.82, 2.24) is 5.32 Å². The van der Waals surface area contributed by atoms with Gasteiger partial charge in [0.2, 0.25) is 0 Å². The van der Waals surface area contributed by atoms with Crippen LogP contribution >= 0.6 is 11.8 Å². The van der Waals surface area contributed by atoms with Crippen LogP contribution in [-0.2, 0) is 14.3 Å². The fourth-order valence-corrected chi connectivity index (χ4v) is 2.85. The lowest BCUT2D eigenvalue weighted by atomic mass is 10.2. The second kappa shape index (κ2) is 11.6. The highest BCUT2D eigenvalue weighted by molar-refractivity contribution is 8.18. The summed E-state index contributed by atoms with van der Waals surface area (Å²) in [6, 6.07) is 9.50. The Hall–Kier alpha value is -3.12. The molecule has 28 heavy (non-hydrogen) atoms. The summed E-state index contributed by atoms with van der Waals surface area (Å²) in [7, 11) is 1.24. The van der Waals surface area contributed by atoms with Gasteiger partial charge in [0.1, 0.15) is 5.75 Å². The van der Waals surface area contributed by atoms with Gasteiger partial charge in [-0.05, 0) is 60.9 Å². The summed E-state index contributed by atoms with van der Waals surface area (Å²) >= 11 is 1.01. The number of nitrogens with one attached hydrogen (secondary N) is 1. The van der Waals surface area contributed by atoms with Gasteiger partial charge in [-0.25, -0.2) is 4.79 Å². The Morgan fingerprint density at radius 2 is 2.07 bits per heavy atom. The molecule has 146 valence electrons. The normalized spacial score (nSPS) is 16.4. The number of nitrogens with zero attached hydrogens (tertiary/aromatic N) is 3. The number of methoxy groups -OCH3 is 1. The molecule has 0 spiro atoms. The van der Waals surface area contributed by atoms with Crippen LogP contribution in [0, 0.1) is 11.3 Å². The van der Waals surface area contributed by atoms with Crippen molar-refractivity contribution in [2.24, 2.45) is 10.2 Å². The first-order valence-electron chi connectivity index (χ1n) is 8.62. The summed E-state index contributed by atoms with van der Waals surface area (Å²) in [6.45, 7) is 0.616. The third kappa shape index (κ3) is 7.25. The summed E-state index contributed by atoms with van der Waals surface area (Å²) in [5.74, 6) is -0.259. The van der Waals surface area contributed by atoms with Crippen molar-refractivity contribution in [2.75, 3.05) is 13.7 Å². The largest absolute Gasteiger partial charge is 0.494 e. The number of carbonyl (C=O) groups excluding carboxylic acids is 2. The van der Waals surface area contributed by atoms with Crippen LogP contribution in [0.5, 0.6) is 5.75 Å². The number of hydrogen-bond donors (Lipinski definition) is 1. The van der Waals surface area contributed by atoms with E-state index in [1.54, 1.807) is 6.21 Å². The number of hydrogen-bond acceptors (Lipinski definition) is 8. The van der Waals surface area contributed by atoms with Crippen LogP contribution in [0.15, 0.2) is 45.4 Å². The molecule has 1 aromatic rings. The number of thioether (sulfide) groups is 1. The van der Waals surface area contributed by atoms with Crippen molar-refractivity contribution in [3.8, 4) is 11.8 Å². The Bertz CT molecular complexity index is 825. The average molecular weight is 400 g/mol. The first-order valence-corrected chi connectivity index (χ1v) is 9.43. The molecule has 2 rings (SSSR count). The summed E-state index contributed by atoms with van der Waals surface area (Å²) in [5.41, 5.74) is 0.824. The molecule has 0 atom stereocenters. The molecular weight excluding hydrogens is 380 g/mol. The molecule has 0 aliphatic carbocycles. The van der Waals surface area contributed by atoms with Crippen LogP contribution in [0.25, 0.3) is 0 Å². The summed E-state index contributed by atoms with van der Waals surface area (Å²) < 4.78 is 10.1. The molecule has 1 heterocycles. The summed E-state index contributed by atoms with van der Waals surface area (Å²) in [5, 5.41) is 19.1. The lowest BCUT2D eigenvalue weighted by Gasteiger charge is -2.05. The van der Waals surface area contributed by atoms with Gasteiger partial charge in [-0.2, -0.15) is 10.4 Å². The molecule has 1 N–H and O–H groups in total. The predicted octanol–water partition coefficient (Wildman–Crippen LogP) is 2.76. The van der Waals surface area contributed by atoms with Crippen LogP contribution in [0.2, 0.25) is 0 Å². The zero-order valence-electron chi connectivity index (χ0n) is 15.4. The number of unbranched alkanes of at least 4 members (excludes halogenated alkanes) is 3. The molecule has 1 aromatic carbocycles. The second-order valence-electron chi connectivity index (χ2n) is 5.62. The Balaban J connectivity index is 1.81. The van der Waals surface area contributed by atoms with Crippen molar-refractivity contribution < 1.29 is 19.1 Å². The van der Waals surface area contributed by atoms with Gasteiger partial charge >= 0.3 is 5.97 Å². The van der Waals surface area contributed by atoms with Crippen molar-refractivity contribution in [3.05, 3.63) is 40.8 Å². The Morgan fingerprint density at radius 3 is 2.79 bits per heavy atom. The number of amidine groups is 1. The van der Waals surface area contributed by atoms with E-state index in [-0.39, 0.29) is 10.1 Å². The third-order valence-electron chi connectivity index (χ3n) is 3.54. The van der Waals surface area contributed by atoms with Gasteiger partial charge in [0, 0.05) is 12.5 Å². The molecule has 0 unspecified atom stereocenters. The number of amides is 1. The van der Waals surface area contributed by atoms with E-state index in [1.807, 2.05) is 24.3 Å². The number of esters is 1. The highest BCUT2D eigenvalue weighted by atomic mass is 32.2. The molecule has 9 heteroatoms. The number of nitriles is 1. The molecule has 0 bridgehead atoms. The van der Waals surface area contributed by atoms with Crippen LogP contribution in [0.4, 0.5) is 0 Å². The van der Waals surface area contributed by atoms with Gasteiger partial charge in [-0.15, -0.1) is 5.10 Å². The molecule has 1 aliphatic heterocycles. The molecule has 0 saturated carbocycles. The lowest BCUT2D eigenvalue weighted by Crippen LogP contribution is -2.19. The molecule has 0 aromatic heterocycles. The molecule has 1 aliphatic rings. The lowest BCUT2D eigenvalue weighted by molar-refractivity contribution is -0.135. The van der Waals surface area contributed by atoms with Crippen molar-refractivity contribution in [3.63, 3.8) is 0 Å². The van der Waals surface area contributed by atoms with Crippen molar-refractivity contribution >= 4 is 35.0 Å². The quantitative estimate of drug-likeness (QED) is 0.224. The van der Waals surface area contributed by atoms with Gasteiger partial charge in [0.05, 0.1) is 30.9 Å². The minimum atomic E-state index is -0.605. The van der Waals surface area contributed by atoms with Crippen molar-refractivity contribution in [1.29, 1.82) is 5.26 Å². The minimum Gasteiger partial charge on any atom is -0.494 e. The molecule has 1 amide bonds. The number of benzene rings is 1. The van der Waals surface area contributed by atoms with E-state index >= 15 is 0 Å². The number of carbonyl (C=O) groups is 2. The van der Waals surface area contributed by atoms with Crippen LogP contribution in [-0.4, -0.2) is 37.0 Å². The molecule has 1 saturated heterocycles. The van der Waals surface area contributed by atoms with E-state index in [1.165, 1.54) is 7.11 Å². The highest BCUT2D eigenvalue weighted by Gasteiger charge is 2.24. The maximum absolute atomic E-state index is 11.7. The SMILES string of the molecule is COC(=O)/C=C1/S/C(=N\N=Cc2ccc(OCCCCCC#N)cc2)NC1=O. The van der Waals surface area contributed by atoms with Crippen LogP contribution in [0.3, 0.4) is 0 Å². The Morgan fingerprint density at radius 1 is 1.29 bits per heavy atom. The fraction of sp³-hybridized carbons (Fsp3) is 0.316. The molecule has 8 nitrogen and oxygen atoms in total. The molecule has 0 radical (unpaired) electrons. The van der Waals surface area contributed by atoms with Crippen LogP contribution in [0.1, 0.15) is 31.2 Å². The van der Waals surface area contributed by atoms with E-state index < -0.39 is 11.9 Å². The fourth-order valence-electron chi connectivity index (χ4n) is 2.11. The zero-order valence-corrected chi connectivity index (χ0v) is 16.2. The van der Waals surface area contributed by atoms with Gasteiger partial charge < -0.3 is 9.47 Å². The average Bonchev–Trinajstić information content (AvgIpc) is 3.04. The highest BCUT2D eigenvalue weighted by Crippen LogP contribution is 2.23. The summed E-state index contributed by atoms with van der Waals surface area (Å²) in [4.78, 5) is 23.1. The Kier molecular flexibility index (Phi) is 8.75. The molecular formula is C19H20N4O4S. The zero-order chi connectivity index (χ0) is 20.2. The first-order chi connectivity index (χ1) is 13.6. The maximum Gasteiger partial charge on any atom is 0.331 e. The van der Waals surface area contributed by atoms with E-state index in [9.17, 15) is 9.59 Å². The van der Waals surface area contributed by atoms with E-state index in [0.717, 1.165) is 48.4 Å². The standard InChI is InChI=1S/C19H20N4O4S/c1-26-17(24)12-16-18(25)22-19(28-16)23-21-13-14-6-8-15(9-7-14)27-11-5-3-2-4-10-20/h6-9,12-13H,2-5,11H2,1H3,(H,22,23,25)/b16-12+,21-13?. The van der Waals surface area contributed by atoms with E-state index in [4.69, 9.17) is 10.00 Å². The Labute approximate surface area is 167 Å². The predicted molar refractivity (Wildman–Crippen MR) is 107 cm³/mol. The first kappa shape index (κ1) is 21.2. The van der Waals surface area contributed by atoms with Gasteiger partial charge in [0.15, 0.2) is 5.17 Å². The van der Waals surface area contributed by atoms with E-state index in [0.29, 0.717) is 13.0 Å². The van der Waals surface area contributed by atoms with Crippen LogP contribution < -0.4 is 10.1 Å². The maximum atomic E-state index is 11.7. The number of rotatable bonds is 9. The van der Waals surface area contributed by atoms with E-state index in [2.05, 4.69) is 26.3 Å². The van der Waals surface area contributed by atoms with Gasteiger partial charge in [0.25, 0.3) is 5.91 Å².